The molecule has 0 spiro atoms. The molecule has 2 rings (SSSR count). The zero-order valence-electron chi connectivity index (χ0n) is 11.2. The van der Waals surface area contributed by atoms with Crippen molar-refractivity contribution >= 4 is 5.97 Å². The monoisotopic (exact) mass is 267 g/mol. The number of rotatable bonds is 3. The SMILES string of the molecule is COC(=O)c1ccc(C#N)c(-c2ccc(OC)cc2)c1. The minimum absolute atomic E-state index is 0.414. The Labute approximate surface area is 117 Å². The molecule has 4 heteroatoms. The maximum absolute atomic E-state index is 11.6. The van der Waals surface area contributed by atoms with E-state index in [4.69, 9.17) is 9.47 Å². The molecule has 0 radical (unpaired) electrons. The quantitative estimate of drug-likeness (QED) is 0.802. The van der Waals surface area contributed by atoms with Crippen molar-refractivity contribution in [1.82, 2.24) is 0 Å². The van der Waals surface area contributed by atoms with E-state index in [1.165, 1.54) is 7.11 Å². The fourth-order valence-corrected chi connectivity index (χ4v) is 1.90. The Balaban J connectivity index is 2.52. The number of benzene rings is 2. The zero-order valence-corrected chi connectivity index (χ0v) is 11.2. The van der Waals surface area contributed by atoms with Crippen LogP contribution in [0.2, 0.25) is 0 Å². The molecule has 0 N–H and O–H groups in total. The minimum Gasteiger partial charge on any atom is -0.497 e. The first-order valence-electron chi connectivity index (χ1n) is 5.96. The second kappa shape index (κ2) is 5.89. The number of hydrogen-bond acceptors (Lipinski definition) is 4. The van der Waals surface area contributed by atoms with E-state index < -0.39 is 5.97 Å². The van der Waals surface area contributed by atoms with Gasteiger partial charge in [-0.25, -0.2) is 4.79 Å². The molecule has 0 heterocycles. The third-order valence-electron chi connectivity index (χ3n) is 2.96. The third kappa shape index (κ3) is 2.62. The molecule has 2 aromatic rings. The second-order valence-electron chi connectivity index (χ2n) is 4.09. The summed E-state index contributed by atoms with van der Waals surface area (Å²) in [5, 5.41) is 9.18. The predicted octanol–water partition coefficient (Wildman–Crippen LogP) is 3.02. The van der Waals surface area contributed by atoms with Gasteiger partial charge in [0, 0.05) is 5.56 Å². The first kappa shape index (κ1) is 13.6. The molecule has 2 aromatic carbocycles. The maximum atomic E-state index is 11.6. The highest BCUT2D eigenvalue weighted by atomic mass is 16.5. The van der Waals surface area contributed by atoms with Crippen molar-refractivity contribution in [3.05, 3.63) is 53.6 Å². The van der Waals surface area contributed by atoms with Gasteiger partial charge in [-0.2, -0.15) is 5.26 Å². The van der Waals surface area contributed by atoms with Gasteiger partial charge in [-0.1, -0.05) is 12.1 Å². The lowest BCUT2D eigenvalue weighted by molar-refractivity contribution is 0.0601. The number of carbonyl (C=O) groups is 1. The average molecular weight is 267 g/mol. The number of ether oxygens (including phenoxy) is 2. The molecule has 0 fully saturated rings. The molecule has 0 aliphatic rings. The number of carbonyl (C=O) groups excluding carboxylic acids is 1. The number of nitrogens with zero attached hydrogens (tertiary/aromatic N) is 1. The van der Waals surface area contributed by atoms with Gasteiger partial charge in [-0.3, -0.25) is 0 Å². The molecular weight excluding hydrogens is 254 g/mol. The van der Waals surface area contributed by atoms with E-state index in [0.717, 1.165) is 11.3 Å². The Morgan fingerprint density at radius 1 is 1.10 bits per heavy atom. The molecule has 4 nitrogen and oxygen atoms in total. The van der Waals surface area contributed by atoms with Gasteiger partial charge in [0.1, 0.15) is 5.75 Å². The summed E-state index contributed by atoms with van der Waals surface area (Å²) < 4.78 is 9.80. The Hall–Kier alpha value is -2.80. The zero-order chi connectivity index (χ0) is 14.5. The number of hydrogen-bond donors (Lipinski definition) is 0. The van der Waals surface area contributed by atoms with Crippen molar-refractivity contribution in [2.45, 2.75) is 0 Å². The molecule has 100 valence electrons. The van der Waals surface area contributed by atoms with Gasteiger partial charge in [-0.15, -0.1) is 0 Å². The third-order valence-corrected chi connectivity index (χ3v) is 2.96. The van der Waals surface area contributed by atoms with Crippen molar-refractivity contribution in [2.75, 3.05) is 14.2 Å². The van der Waals surface area contributed by atoms with Crippen LogP contribution in [0.1, 0.15) is 15.9 Å². The van der Waals surface area contributed by atoms with Gasteiger partial charge in [0.25, 0.3) is 0 Å². The van der Waals surface area contributed by atoms with Crippen molar-refractivity contribution in [3.63, 3.8) is 0 Å². The molecule has 0 aliphatic carbocycles. The van der Waals surface area contributed by atoms with E-state index in [9.17, 15) is 10.1 Å². The molecule has 0 amide bonds. The summed E-state index contributed by atoms with van der Waals surface area (Å²) in [6.45, 7) is 0. The summed E-state index contributed by atoms with van der Waals surface area (Å²) >= 11 is 0. The van der Waals surface area contributed by atoms with E-state index in [-0.39, 0.29) is 0 Å². The molecule has 0 unspecified atom stereocenters. The van der Waals surface area contributed by atoms with Crippen LogP contribution in [0.3, 0.4) is 0 Å². The van der Waals surface area contributed by atoms with E-state index in [2.05, 4.69) is 6.07 Å². The largest absolute Gasteiger partial charge is 0.497 e. The topological polar surface area (TPSA) is 59.3 Å². The van der Waals surface area contributed by atoms with E-state index >= 15 is 0 Å². The average Bonchev–Trinajstić information content (AvgIpc) is 2.53. The Kier molecular flexibility index (Phi) is 4.02. The minimum atomic E-state index is -0.427. The van der Waals surface area contributed by atoms with E-state index in [1.807, 2.05) is 12.1 Å². The van der Waals surface area contributed by atoms with Gasteiger partial charge >= 0.3 is 5.97 Å². The van der Waals surface area contributed by atoms with Crippen LogP contribution < -0.4 is 4.74 Å². The Bertz CT molecular complexity index is 669. The Morgan fingerprint density at radius 2 is 1.80 bits per heavy atom. The summed E-state index contributed by atoms with van der Waals surface area (Å²) in [5.41, 5.74) is 2.45. The van der Waals surface area contributed by atoms with Crippen LogP contribution >= 0.6 is 0 Å². The predicted molar refractivity (Wildman–Crippen MR) is 74.5 cm³/mol. The molecule has 0 saturated heterocycles. The lowest BCUT2D eigenvalue weighted by Gasteiger charge is -2.08. The molecular formula is C16H13NO3. The molecule has 0 atom stereocenters. The van der Waals surface area contributed by atoms with Gasteiger partial charge in [-0.05, 0) is 35.9 Å². The molecule has 0 aromatic heterocycles. The number of esters is 1. The normalized spacial score (nSPS) is 9.65. The van der Waals surface area contributed by atoms with Crippen molar-refractivity contribution < 1.29 is 14.3 Å². The molecule has 0 bridgehead atoms. The van der Waals surface area contributed by atoms with Crippen LogP contribution in [-0.4, -0.2) is 20.2 Å². The fraction of sp³-hybridized carbons (Fsp3) is 0.125. The molecule has 20 heavy (non-hydrogen) atoms. The Morgan fingerprint density at radius 3 is 2.35 bits per heavy atom. The highest BCUT2D eigenvalue weighted by Gasteiger charge is 2.11. The summed E-state index contributed by atoms with van der Waals surface area (Å²) in [5.74, 6) is 0.306. The van der Waals surface area contributed by atoms with E-state index in [1.54, 1.807) is 37.4 Å². The fourth-order valence-electron chi connectivity index (χ4n) is 1.90. The highest BCUT2D eigenvalue weighted by molar-refractivity contribution is 5.91. The summed E-state index contributed by atoms with van der Waals surface area (Å²) in [6, 6.07) is 14.3. The van der Waals surface area contributed by atoms with E-state index in [0.29, 0.717) is 16.7 Å². The van der Waals surface area contributed by atoms with Crippen LogP contribution in [0.4, 0.5) is 0 Å². The number of nitriles is 1. The van der Waals surface area contributed by atoms with Crippen molar-refractivity contribution in [2.24, 2.45) is 0 Å². The van der Waals surface area contributed by atoms with Gasteiger partial charge < -0.3 is 9.47 Å². The van der Waals surface area contributed by atoms with Crippen molar-refractivity contribution in [1.29, 1.82) is 5.26 Å². The number of methoxy groups -OCH3 is 2. The van der Waals surface area contributed by atoms with Crippen LogP contribution in [0.5, 0.6) is 5.75 Å². The maximum Gasteiger partial charge on any atom is 0.337 e. The standard InChI is InChI=1S/C16H13NO3/c1-19-14-7-5-11(6-8-14)15-9-12(16(18)20-2)3-4-13(15)10-17/h3-9H,1-2H3. The summed E-state index contributed by atoms with van der Waals surface area (Å²) in [7, 11) is 2.92. The molecule has 0 aliphatic heterocycles. The van der Waals surface area contributed by atoms with Crippen LogP contribution in [0, 0.1) is 11.3 Å². The van der Waals surface area contributed by atoms with Crippen LogP contribution in [0.25, 0.3) is 11.1 Å². The first-order chi connectivity index (χ1) is 9.69. The lowest BCUT2D eigenvalue weighted by atomic mass is 9.98. The van der Waals surface area contributed by atoms with Crippen LogP contribution in [-0.2, 0) is 4.74 Å². The van der Waals surface area contributed by atoms with Gasteiger partial charge in [0.05, 0.1) is 31.4 Å². The van der Waals surface area contributed by atoms with Gasteiger partial charge in [0.15, 0.2) is 0 Å². The van der Waals surface area contributed by atoms with Gasteiger partial charge in [0.2, 0.25) is 0 Å². The van der Waals surface area contributed by atoms with Crippen LogP contribution in [0.15, 0.2) is 42.5 Å². The lowest BCUT2D eigenvalue weighted by Crippen LogP contribution is -2.01. The first-order valence-corrected chi connectivity index (χ1v) is 5.96. The second-order valence-corrected chi connectivity index (χ2v) is 4.09. The highest BCUT2D eigenvalue weighted by Crippen LogP contribution is 2.26. The summed E-state index contributed by atoms with van der Waals surface area (Å²) in [6.07, 6.45) is 0. The van der Waals surface area contributed by atoms with Crippen molar-refractivity contribution in [3.8, 4) is 22.9 Å². The smallest absolute Gasteiger partial charge is 0.337 e. The summed E-state index contributed by atoms with van der Waals surface area (Å²) in [4.78, 5) is 11.6. The molecule has 0 saturated carbocycles.